The highest BCUT2D eigenvalue weighted by molar-refractivity contribution is 6.76. The van der Waals surface area contributed by atoms with Crippen molar-refractivity contribution >= 4 is 38.8 Å². The molecule has 5 aromatic heterocycles. The number of anilines is 1. The second-order valence-corrected chi connectivity index (χ2v) is 27.2. The fourth-order valence-corrected chi connectivity index (χ4v) is 7.94. The number of para-hydroxylation sites is 1. The van der Waals surface area contributed by atoms with Crippen LogP contribution in [0, 0.1) is 6.92 Å². The monoisotopic (exact) mass is 753 g/mol. The Kier molecular flexibility index (Phi) is 11.0. The third-order valence-electron chi connectivity index (χ3n) is 10.3. The summed E-state index contributed by atoms with van der Waals surface area (Å²) >= 11 is 0. The van der Waals surface area contributed by atoms with Crippen molar-refractivity contribution in [2.45, 2.75) is 104 Å². The molecule has 0 saturated heterocycles. The van der Waals surface area contributed by atoms with Gasteiger partial charge in [0.05, 0.1) is 23.3 Å². The Balaban J connectivity index is 1.35. The Morgan fingerprint density at radius 3 is 2.45 bits per heavy atom. The van der Waals surface area contributed by atoms with Crippen LogP contribution in [0.25, 0.3) is 33.4 Å². The molecule has 0 fully saturated rings. The van der Waals surface area contributed by atoms with E-state index in [4.69, 9.17) is 29.3 Å². The molecule has 0 aliphatic rings. The number of hydrogen-bond donors (Lipinski definition) is 1. The van der Waals surface area contributed by atoms with Gasteiger partial charge in [0.15, 0.2) is 14.1 Å². The minimum atomic E-state index is -1.81. The minimum Gasteiger partial charge on any atom is -0.417 e. The molecule has 0 spiro atoms. The van der Waals surface area contributed by atoms with E-state index in [1.165, 1.54) is 0 Å². The molecular formula is C39H55N9O3Si2. The average molecular weight is 754 g/mol. The van der Waals surface area contributed by atoms with Gasteiger partial charge in [-0.2, -0.15) is 10.2 Å². The normalized spacial score (nSPS) is 13.3. The zero-order valence-electron chi connectivity index (χ0n) is 33.0. The van der Waals surface area contributed by atoms with E-state index in [1.54, 1.807) is 15.4 Å². The molecule has 282 valence electrons. The van der Waals surface area contributed by atoms with Crippen molar-refractivity contribution in [1.29, 1.82) is 0 Å². The van der Waals surface area contributed by atoms with Crippen LogP contribution in [0.4, 0.5) is 5.82 Å². The zero-order chi connectivity index (χ0) is 38.1. The van der Waals surface area contributed by atoms with Crippen LogP contribution in [0.1, 0.15) is 51.5 Å². The number of aromatic nitrogens is 8. The maximum absolute atomic E-state index is 14.0. The molecule has 5 heterocycles. The average Bonchev–Trinajstić information content (AvgIpc) is 3.82. The van der Waals surface area contributed by atoms with E-state index in [9.17, 15) is 4.79 Å². The summed E-state index contributed by atoms with van der Waals surface area (Å²) in [5, 5.41) is 14.3. The molecule has 0 amide bonds. The lowest BCUT2D eigenvalue weighted by Crippen LogP contribution is -2.41. The summed E-state index contributed by atoms with van der Waals surface area (Å²) in [5.74, 6) is 1.19. The molecule has 6 rings (SSSR count). The van der Waals surface area contributed by atoms with E-state index in [-0.39, 0.29) is 10.6 Å². The van der Waals surface area contributed by atoms with Crippen LogP contribution in [-0.4, -0.2) is 68.1 Å². The van der Waals surface area contributed by atoms with Crippen molar-refractivity contribution in [3.63, 3.8) is 0 Å². The van der Waals surface area contributed by atoms with Gasteiger partial charge >= 0.3 is 0 Å². The van der Waals surface area contributed by atoms with Gasteiger partial charge in [0.2, 0.25) is 0 Å². The predicted molar refractivity (Wildman–Crippen MR) is 218 cm³/mol. The van der Waals surface area contributed by atoms with Crippen molar-refractivity contribution in [3.05, 3.63) is 89.3 Å². The highest BCUT2D eigenvalue weighted by Gasteiger charge is 2.36. The summed E-state index contributed by atoms with van der Waals surface area (Å²) in [7, 11) is -3.07. The highest BCUT2D eigenvalue weighted by Crippen LogP contribution is 2.37. The topological polar surface area (TPSA) is 118 Å². The van der Waals surface area contributed by atoms with Gasteiger partial charge in [0.1, 0.15) is 30.0 Å². The number of rotatable bonds is 15. The summed E-state index contributed by atoms with van der Waals surface area (Å²) < 4.78 is 20.0. The zero-order valence-corrected chi connectivity index (χ0v) is 35.0. The van der Waals surface area contributed by atoms with Crippen LogP contribution in [0.2, 0.25) is 43.8 Å². The molecule has 14 heteroatoms. The number of fused-ring (bicyclic) bond motifs is 2. The maximum Gasteiger partial charge on any atom is 0.282 e. The largest absolute Gasteiger partial charge is 0.417 e. The van der Waals surface area contributed by atoms with Crippen LogP contribution in [0.3, 0.4) is 0 Å². The summed E-state index contributed by atoms with van der Waals surface area (Å²) in [4.78, 5) is 23.6. The molecule has 0 aliphatic carbocycles. The Hall–Kier alpha value is -4.38. The van der Waals surface area contributed by atoms with Gasteiger partial charge in [-0.3, -0.25) is 14.0 Å². The van der Waals surface area contributed by atoms with Crippen LogP contribution >= 0.6 is 0 Å². The first-order valence-electron chi connectivity index (χ1n) is 18.6. The summed E-state index contributed by atoms with van der Waals surface area (Å²) in [6, 6.07) is 12.2. The van der Waals surface area contributed by atoms with Crippen molar-refractivity contribution in [3.8, 4) is 16.8 Å². The number of benzene rings is 1. The molecule has 6 aromatic rings. The van der Waals surface area contributed by atoms with Gasteiger partial charge < -0.3 is 19.0 Å². The maximum atomic E-state index is 14.0. The number of aryl methyl sites for hydroxylation is 2. The first-order chi connectivity index (χ1) is 25.0. The Bertz CT molecular complexity index is 2240. The summed E-state index contributed by atoms with van der Waals surface area (Å²) in [6.45, 7) is 24.9. The Morgan fingerprint density at radius 2 is 1.74 bits per heavy atom. The molecule has 0 aliphatic heterocycles. The van der Waals surface area contributed by atoms with E-state index < -0.39 is 22.4 Å². The molecule has 1 atom stereocenters. The lowest BCUT2D eigenvalue weighted by molar-refractivity contribution is 0.0899. The lowest BCUT2D eigenvalue weighted by Gasteiger charge is -2.36. The lowest BCUT2D eigenvalue weighted by atomic mass is 10.1. The van der Waals surface area contributed by atoms with Crippen molar-refractivity contribution in [1.82, 2.24) is 38.5 Å². The minimum absolute atomic E-state index is 0.130. The number of nitrogens with zero attached hydrogens (tertiary/aromatic N) is 8. The molecule has 0 saturated carbocycles. The fraction of sp³-hybridized carbons (Fsp3) is 0.462. The third kappa shape index (κ3) is 8.40. The van der Waals surface area contributed by atoms with Gasteiger partial charge in [0.25, 0.3) is 5.56 Å². The van der Waals surface area contributed by atoms with E-state index in [2.05, 4.69) is 71.2 Å². The molecule has 0 bridgehead atoms. The van der Waals surface area contributed by atoms with E-state index in [1.807, 2.05) is 71.9 Å². The summed E-state index contributed by atoms with van der Waals surface area (Å²) in [5.41, 5.74) is 4.68. The highest BCUT2D eigenvalue weighted by atomic mass is 28.4. The molecule has 12 nitrogen and oxygen atoms in total. The van der Waals surface area contributed by atoms with Crippen molar-refractivity contribution < 1.29 is 9.16 Å². The second-order valence-electron chi connectivity index (χ2n) is 16.7. The van der Waals surface area contributed by atoms with Gasteiger partial charge in [0, 0.05) is 57.5 Å². The second kappa shape index (κ2) is 15.2. The molecule has 0 unspecified atom stereocenters. The van der Waals surface area contributed by atoms with Gasteiger partial charge in [-0.05, 0) is 68.2 Å². The fourth-order valence-electron chi connectivity index (χ4n) is 6.09. The molecular weight excluding hydrogens is 699 g/mol. The number of ether oxygens (including phenoxy) is 1. The van der Waals surface area contributed by atoms with Crippen LogP contribution in [-0.2, 0) is 22.4 Å². The predicted octanol–water partition coefficient (Wildman–Crippen LogP) is 8.30. The third-order valence-corrected chi connectivity index (χ3v) is 16.5. The molecule has 1 aromatic carbocycles. The van der Waals surface area contributed by atoms with Crippen LogP contribution < -0.4 is 10.9 Å². The van der Waals surface area contributed by atoms with Gasteiger partial charge in [-0.25, -0.2) is 14.5 Å². The smallest absolute Gasteiger partial charge is 0.282 e. The molecule has 0 radical (unpaired) electrons. The molecule has 53 heavy (non-hydrogen) atoms. The van der Waals surface area contributed by atoms with E-state index in [0.717, 1.165) is 52.4 Å². The van der Waals surface area contributed by atoms with Crippen LogP contribution in [0.15, 0.2) is 72.3 Å². The quantitative estimate of drug-likeness (QED) is 0.0823. The first kappa shape index (κ1) is 38.4. The van der Waals surface area contributed by atoms with Crippen molar-refractivity contribution in [2.24, 2.45) is 0 Å². The SMILES string of the molecule is Cc1ccn2nc([C@H](C)Nc3ncnc4c3c(-c3cnn(CCCO[Si](C)(C)C(C)(C)C)c3)cn4COCC[Si](C)(C)C)n(-c3ccccc3)c(=O)c12. The summed E-state index contributed by atoms with van der Waals surface area (Å²) in [6.07, 6.45) is 10.3. The Labute approximate surface area is 314 Å². The molecule has 1 N–H and O–H groups in total. The Morgan fingerprint density at radius 1 is 0.981 bits per heavy atom. The van der Waals surface area contributed by atoms with E-state index >= 15 is 0 Å². The first-order valence-corrected chi connectivity index (χ1v) is 25.2. The standard InChI is InChI=1S/C39H55N9O3Si2/c1-28-17-19-47-34(28)38(49)48(31-15-12-11-13-16-31)36(44-47)29(2)43-35-33-32(25-45(37(33)41-26-40-35)27-50-21-22-52(6,7)8)30-23-42-46(24-30)18-14-20-51-53(9,10)39(3,4)5/h11-13,15-17,19,23-26,29H,14,18,20-22,27H2,1-10H3,(H,40,41,43)/t29-/m0/s1. The van der Waals surface area contributed by atoms with Gasteiger partial charge in [-0.15, -0.1) is 0 Å². The number of nitrogens with one attached hydrogen (secondary N) is 1. The van der Waals surface area contributed by atoms with E-state index in [0.29, 0.717) is 37.1 Å². The van der Waals surface area contributed by atoms with Gasteiger partial charge in [-0.1, -0.05) is 58.6 Å². The number of hydrogen-bond acceptors (Lipinski definition) is 8. The van der Waals surface area contributed by atoms with Crippen LogP contribution in [0.5, 0.6) is 0 Å². The van der Waals surface area contributed by atoms with Crippen molar-refractivity contribution in [2.75, 3.05) is 18.5 Å².